The number of carbonyl (C=O) groups excluding carboxylic acids is 9. The highest BCUT2D eigenvalue weighted by atomic mass is 79.9. The maximum Gasteiger partial charge on any atom is 0.253 e. The molecule has 0 unspecified atom stereocenters. The third kappa shape index (κ3) is 32.3. The highest BCUT2D eigenvalue weighted by Gasteiger charge is 2.30. The number of aryl methyl sites for hydroxylation is 3. The molecule has 36 heteroatoms. The number of benzene rings is 6. The number of aliphatic imine (C=N–C) groups is 3. The van der Waals surface area contributed by atoms with Crippen molar-refractivity contribution >= 4 is 177 Å². The van der Waals surface area contributed by atoms with Crippen LogP contribution in [0.2, 0.25) is 10.0 Å². The Morgan fingerprint density at radius 3 is 0.912 bits per heavy atom. The van der Waals surface area contributed by atoms with Gasteiger partial charge in [-0.2, -0.15) is 0 Å². The number of amides is 3. The molecule has 3 amide bonds. The lowest BCUT2D eigenvalue weighted by Gasteiger charge is -2.34. The van der Waals surface area contributed by atoms with Crippen LogP contribution in [0.25, 0.3) is 31.3 Å². The molecule has 3 aliphatic heterocycles. The Balaban J connectivity index is 0.000000185. The lowest BCUT2D eigenvalue weighted by molar-refractivity contribution is 0.0483. The molecule has 15 rings (SSSR count). The number of nitrogens with zero attached hydrogens (tertiary/aromatic N) is 9. The van der Waals surface area contributed by atoms with E-state index in [0.29, 0.717) is 206 Å². The third-order valence-corrected chi connectivity index (χ3v) is 33.3. The molecule has 148 heavy (non-hydrogen) atoms. The van der Waals surface area contributed by atoms with E-state index in [0.717, 1.165) is 118 Å². The standard InChI is InChI=1S/C40H47N3O6S2.C36H38BrN3O6S2.C36H37Cl2N3O6S2/c1-27(32-26-50-38(37(32)47)29-10-12-31(13-11-29)40(2,3)4)41-25-34(46)36-16-15-35(51-36)33(45)14-7-28-5-8-30(9-6-28)39(48)43-19-17-42(18-20-43)21-23-49-24-22-44;1-24(29-23-47-35(34(29)44)26-7-9-28(37)10-8-26)38-22-31(43)33-13-12-32(48-33)30(42)11-4-25-2-5-27(6-3-25)36(45)40-16-14-39(15-17-40)18-20-46-21-19-41;1-23(27-22-48-35(34(27)45)26-7-8-28(37)29(38)20-26)39-21-31(44)33-11-10-32(49-33)30(43)9-4-24-2-5-25(6-3-24)36(46)41-14-12-40(13-15-41)16-18-47-19-17-42/h5-6,8-13,15-16,26,44,47H,7,14,17-25H2,1-4H3;2-3,5-10,12-13,23,41,44H,4,11,14-22H2,1H3;2-3,5-8,10-11,20,22,42,45H,4,9,12-19,21H2,1H3. The molecule has 27 nitrogen and oxygen atoms in total. The van der Waals surface area contributed by atoms with E-state index in [9.17, 15) is 58.5 Å². The number of ketones is 6. The predicted molar refractivity (Wildman–Crippen MR) is 596 cm³/mol. The van der Waals surface area contributed by atoms with E-state index < -0.39 is 0 Å². The zero-order valence-corrected chi connectivity index (χ0v) is 91.5. The Labute approximate surface area is 904 Å². The molecule has 6 aromatic carbocycles. The summed E-state index contributed by atoms with van der Waals surface area (Å²) in [5.41, 5.74) is 12.0. The summed E-state index contributed by atoms with van der Waals surface area (Å²) >= 11 is 23.3. The van der Waals surface area contributed by atoms with Gasteiger partial charge in [0.05, 0.1) is 113 Å². The first-order chi connectivity index (χ1) is 71.3. The summed E-state index contributed by atoms with van der Waals surface area (Å²) in [7, 11) is 0. The minimum atomic E-state index is -0.212. The van der Waals surface area contributed by atoms with Crippen LogP contribution in [0.1, 0.15) is 189 Å². The first-order valence-electron chi connectivity index (χ1n) is 49.0. The highest BCUT2D eigenvalue weighted by molar-refractivity contribution is 9.10. The smallest absolute Gasteiger partial charge is 0.253 e. The minimum Gasteiger partial charge on any atom is -0.506 e. The number of hydrogen-bond acceptors (Lipinski definition) is 30. The Hall–Kier alpha value is -10.9. The molecule has 9 heterocycles. The SMILES string of the molecule is CC(=NCC(=O)c1ccc(C(=O)CCc2ccc(C(=O)N3CCN(CCOCCO)CC3)cc2)s1)c1csc(-c2ccc(Br)cc2)c1O.CC(=NCC(=O)c1ccc(C(=O)CCc2ccc(C(=O)N3CCN(CCOCCO)CC3)cc2)s1)c1csc(-c2ccc(C(C)(C)C)cc2)c1O.CC(=NCC(=O)c1ccc(C(=O)CCc2ccc(C(=O)N3CCN(CCOCCO)CC3)cc2)s1)c1csc(-c2ccc(Cl)c(Cl)c2)c1O. The van der Waals surface area contributed by atoms with Crippen LogP contribution in [0, 0.1) is 0 Å². The normalized spacial score (nSPS) is 14.1. The second kappa shape index (κ2) is 56.2. The Kier molecular flexibility index (Phi) is 43.4. The Morgan fingerprint density at radius 2 is 0.628 bits per heavy atom. The van der Waals surface area contributed by atoms with Gasteiger partial charge in [-0.1, -0.05) is 139 Å². The molecular weight excluding hydrogens is 2100 g/mol. The maximum atomic E-state index is 13.0. The van der Waals surface area contributed by atoms with Crippen LogP contribution in [-0.2, 0) is 38.9 Å². The average Bonchev–Trinajstić information content (AvgIpc) is 1.66. The van der Waals surface area contributed by atoms with Crippen molar-refractivity contribution in [1.82, 2.24) is 29.4 Å². The lowest BCUT2D eigenvalue weighted by Crippen LogP contribution is -2.49. The lowest BCUT2D eigenvalue weighted by atomic mass is 9.86. The van der Waals surface area contributed by atoms with Gasteiger partial charge in [0.15, 0.2) is 34.7 Å². The van der Waals surface area contributed by atoms with Crippen LogP contribution in [0.15, 0.2) is 212 Å². The van der Waals surface area contributed by atoms with Crippen LogP contribution < -0.4 is 0 Å². The summed E-state index contributed by atoms with van der Waals surface area (Å²) in [5.74, 6) is -0.337. The number of aliphatic hydroxyl groups is 3. The number of piperazine rings is 3. The molecule has 6 aromatic heterocycles. The summed E-state index contributed by atoms with van der Waals surface area (Å²) in [6.45, 7) is 25.2. The zero-order valence-electron chi connectivity index (χ0n) is 83.5. The first-order valence-corrected chi connectivity index (χ1v) is 55.6. The molecule has 0 bridgehead atoms. The van der Waals surface area contributed by atoms with Crippen LogP contribution >= 0.6 is 107 Å². The van der Waals surface area contributed by atoms with E-state index in [2.05, 4.69) is 78.5 Å². The number of halogens is 3. The maximum absolute atomic E-state index is 13.0. The van der Waals surface area contributed by atoms with Gasteiger partial charge in [-0.25, -0.2) is 0 Å². The van der Waals surface area contributed by atoms with Gasteiger partial charge in [0.2, 0.25) is 0 Å². The molecule has 0 spiro atoms. The molecular formula is C112H122BrCl2N9O18S6. The van der Waals surface area contributed by atoms with Crippen molar-refractivity contribution in [3.05, 3.63) is 291 Å². The monoisotopic (exact) mass is 2220 g/mol. The summed E-state index contributed by atoms with van der Waals surface area (Å²) in [4.78, 5) is 148. The molecule has 0 radical (unpaired) electrons. The van der Waals surface area contributed by atoms with Gasteiger partial charge in [-0.3, -0.25) is 72.8 Å². The number of Topliss-reactive ketones (excluding diaryl/α,β-unsaturated/α-hetero) is 6. The molecule has 780 valence electrons. The van der Waals surface area contributed by atoms with Gasteiger partial charge >= 0.3 is 0 Å². The Morgan fingerprint density at radius 1 is 0.351 bits per heavy atom. The molecule has 3 fully saturated rings. The van der Waals surface area contributed by atoms with Crippen LogP contribution in [0.4, 0.5) is 0 Å². The largest absolute Gasteiger partial charge is 0.506 e. The van der Waals surface area contributed by atoms with Gasteiger partial charge in [-0.05, 0) is 181 Å². The molecule has 3 saturated heterocycles. The number of hydrogen-bond donors (Lipinski definition) is 6. The first kappa shape index (κ1) is 114. The molecule has 0 atom stereocenters. The molecule has 6 N–H and O–H groups in total. The minimum absolute atomic E-state index is 0.00158. The van der Waals surface area contributed by atoms with E-state index in [1.165, 1.54) is 62.2 Å². The fourth-order valence-electron chi connectivity index (χ4n) is 16.5. The summed E-state index contributed by atoms with van der Waals surface area (Å²) in [6, 6.07) is 53.4. The van der Waals surface area contributed by atoms with Gasteiger partial charge in [0, 0.05) is 189 Å². The van der Waals surface area contributed by atoms with Crippen molar-refractivity contribution in [2.45, 2.75) is 85.5 Å². The quantitative estimate of drug-likeness (QED) is 0.0117. The topological polar surface area (TPSA) is 359 Å². The van der Waals surface area contributed by atoms with E-state index in [4.69, 9.17) is 52.7 Å². The van der Waals surface area contributed by atoms with Crippen molar-refractivity contribution in [2.24, 2.45) is 15.0 Å². The number of carbonyl (C=O) groups is 9. The number of aromatic hydroxyl groups is 3. The molecule has 0 aliphatic carbocycles. The predicted octanol–water partition coefficient (Wildman–Crippen LogP) is 19.7. The van der Waals surface area contributed by atoms with Crippen LogP contribution in [-0.4, -0.2) is 307 Å². The van der Waals surface area contributed by atoms with E-state index in [1.807, 2.05) is 135 Å². The van der Waals surface area contributed by atoms with E-state index in [-0.39, 0.29) is 121 Å². The van der Waals surface area contributed by atoms with Crippen molar-refractivity contribution < 1.29 is 88.0 Å². The number of rotatable bonds is 45. The van der Waals surface area contributed by atoms with Gasteiger partial charge in [0.25, 0.3) is 17.7 Å². The summed E-state index contributed by atoms with van der Waals surface area (Å²) in [5, 5.41) is 65.4. The second-order valence-corrected chi connectivity index (χ2v) is 44.3. The zero-order chi connectivity index (χ0) is 106. The highest BCUT2D eigenvalue weighted by Crippen LogP contribution is 2.44. The van der Waals surface area contributed by atoms with Gasteiger partial charge in [0.1, 0.15) is 36.9 Å². The van der Waals surface area contributed by atoms with Crippen molar-refractivity contribution in [3.8, 4) is 48.6 Å². The van der Waals surface area contributed by atoms with E-state index in [1.54, 1.807) is 80.7 Å². The number of aliphatic hydroxyl groups excluding tert-OH is 3. The average molecular weight is 2230 g/mol. The second-order valence-electron chi connectivity index (χ2n) is 36.7. The molecule has 12 aromatic rings. The fraction of sp³-hybridized carbons (Fsp3) is 0.357. The van der Waals surface area contributed by atoms with Crippen LogP contribution in [0.5, 0.6) is 17.2 Å². The fourth-order valence-corrected chi connectivity index (χ4v) is 22.8. The Bertz CT molecular complexity index is 6640. The summed E-state index contributed by atoms with van der Waals surface area (Å²) < 4.78 is 17.0. The third-order valence-electron chi connectivity index (χ3n) is 25.5. The molecule has 3 aliphatic rings. The molecule has 0 saturated carbocycles. The van der Waals surface area contributed by atoms with Crippen molar-refractivity contribution in [3.63, 3.8) is 0 Å². The van der Waals surface area contributed by atoms with Crippen LogP contribution in [0.3, 0.4) is 0 Å². The number of thiophene rings is 6. The van der Waals surface area contributed by atoms with E-state index >= 15 is 0 Å². The van der Waals surface area contributed by atoms with Crippen molar-refractivity contribution in [1.29, 1.82) is 0 Å². The number of ether oxygens (including phenoxy) is 3. The van der Waals surface area contributed by atoms with Gasteiger partial charge < -0.3 is 59.5 Å². The van der Waals surface area contributed by atoms with Crippen molar-refractivity contribution in [2.75, 3.05) is 177 Å². The van der Waals surface area contributed by atoms with Gasteiger partial charge in [-0.15, -0.1) is 68.0 Å². The summed E-state index contributed by atoms with van der Waals surface area (Å²) in [6.07, 6.45) is 2.44.